The molecular weight excluding hydrogens is 436 g/mol. The summed E-state index contributed by atoms with van der Waals surface area (Å²) < 4.78 is 0. The van der Waals surface area contributed by atoms with Crippen LogP contribution in [0.1, 0.15) is 32.8 Å². The molecule has 5 rings (SSSR count). The first kappa shape index (κ1) is 22.3. The second kappa shape index (κ2) is 8.39. The van der Waals surface area contributed by atoms with Crippen molar-refractivity contribution in [3.63, 3.8) is 0 Å². The Morgan fingerprint density at radius 3 is 2.74 bits per heavy atom. The predicted molar refractivity (Wildman–Crippen MR) is 138 cm³/mol. The monoisotopic (exact) mass is 460 g/mol. The molecule has 0 spiro atoms. The van der Waals surface area contributed by atoms with E-state index in [2.05, 4.69) is 40.3 Å². The van der Waals surface area contributed by atoms with Gasteiger partial charge in [0, 0.05) is 28.7 Å². The third-order valence-electron chi connectivity index (χ3n) is 6.75. The molecule has 0 saturated carbocycles. The molecule has 0 saturated heterocycles. The lowest BCUT2D eigenvalue weighted by atomic mass is 9.75. The van der Waals surface area contributed by atoms with Crippen LogP contribution in [0.3, 0.4) is 0 Å². The average Bonchev–Trinajstić information content (AvgIpc) is 2.87. The van der Waals surface area contributed by atoms with Gasteiger partial charge in [-0.2, -0.15) is 5.26 Å². The largest absolute Gasteiger partial charge is 0.351 e. The minimum Gasteiger partial charge on any atom is -0.351 e. The number of benzene rings is 2. The van der Waals surface area contributed by atoms with E-state index in [-0.39, 0.29) is 16.5 Å². The van der Waals surface area contributed by atoms with Gasteiger partial charge in [0.1, 0.15) is 0 Å². The number of hydrogen-bond donors (Lipinski definition) is 1. The number of nitro benzene ring substituents is 1. The Morgan fingerprint density at radius 2 is 2.03 bits per heavy atom. The van der Waals surface area contributed by atoms with E-state index in [0.29, 0.717) is 0 Å². The molecule has 1 atom stereocenters. The van der Waals surface area contributed by atoms with Crippen molar-refractivity contribution in [2.75, 3.05) is 5.32 Å². The summed E-state index contributed by atoms with van der Waals surface area (Å²) in [7, 11) is 0. The van der Waals surface area contributed by atoms with E-state index in [1.165, 1.54) is 6.07 Å². The second-order valence-electron chi connectivity index (χ2n) is 9.53. The van der Waals surface area contributed by atoms with Crippen molar-refractivity contribution < 1.29 is 4.92 Å². The number of fused-ring (bicyclic) bond motifs is 3. The third-order valence-corrected chi connectivity index (χ3v) is 6.75. The standard InChI is InChI=1S/C29H24N4O2/c1-18-13-24(19-7-10-22(11-8-19)29(2,3)17-30)28-25-15-21(9-12-26(25)31-16-27(28)32-18)20-5-4-6-23(14-20)33(34)35/h4-10,12,14-16,22,32H,11H2,1-3H3. The van der Waals surface area contributed by atoms with Crippen molar-refractivity contribution in [1.29, 1.82) is 5.26 Å². The maximum absolute atomic E-state index is 11.3. The molecule has 2 heterocycles. The molecule has 2 aliphatic rings. The number of non-ortho nitro benzene ring substituents is 1. The Hall–Kier alpha value is -4.46. The SMILES string of the molecule is CC1=C=C(C2=CCC(C(C)(C)C#N)C=C2)c2c(cnc3ccc(-c4cccc([N+](=O)[O-])c4)cc23)N1. The molecule has 6 nitrogen and oxygen atoms in total. The molecule has 3 aromatic rings. The normalized spacial score (nSPS) is 17.0. The summed E-state index contributed by atoms with van der Waals surface area (Å²) >= 11 is 0. The fourth-order valence-electron chi connectivity index (χ4n) is 4.66. The van der Waals surface area contributed by atoms with Crippen LogP contribution in [-0.2, 0) is 0 Å². The highest BCUT2D eigenvalue weighted by Gasteiger charge is 2.29. The maximum atomic E-state index is 11.3. The molecule has 6 heteroatoms. The summed E-state index contributed by atoms with van der Waals surface area (Å²) in [5.74, 6) is 0.151. The van der Waals surface area contributed by atoms with Gasteiger partial charge in [0.25, 0.3) is 5.69 Å². The quantitative estimate of drug-likeness (QED) is 0.253. The number of allylic oxidation sites excluding steroid dienone is 5. The molecule has 0 bridgehead atoms. The molecule has 35 heavy (non-hydrogen) atoms. The first-order valence-corrected chi connectivity index (χ1v) is 11.5. The fourth-order valence-corrected chi connectivity index (χ4v) is 4.66. The van der Waals surface area contributed by atoms with E-state index in [1.54, 1.807) is 12.1 Å². The van der Waals surface area contributed by atoms with Crippen molar-refractivity contribution in [3.8, 4) is 17.2 Å². The van der Waals surface area contributed by atoms with Crippen LogP contribution < -0.4 is 5.32 Å². The van der Waals surface area contributed by atoms with E-state index >= 15 is 0 Å². The fraction of sp³-hybridized carbons (Fsp3) is 0.207. The van der Waals surface area contributed by atoms with E-state index in [9.17, 15) is 15.4 Å². The van der Waals surface area contributed by atoms with Crippen molar-refractivity contribution in [2.24, 2.45) is 11.3 Å². The number of nitrogens with zero attached hydrogens (tertiary/aromatic N) is 3. The van der Waals surface area contributed by atoms with E-state index < -0.39 is 5.41 Å². The number of anilines is 1. The summed E-state index contributed by atoms with van der Waals surface area (Å²) in [6, 6.07) is 15.0. The van der Waals surface area contributed by atoms with Gasteiger partial charge in [0.05, 0.1) is 39.5 Å². The Bertz CT molecular complexity index is 1560. The summed E-state index contributed by atoms with van der Waals surface area (Å²) in [4.78, 5) is 15.6. The number of pyridine rings is 1. The first-order valence-electron chi connectivity index (χ1n) is 11.5. The lowest BCUT2D eigenvalue weighted by Crippen LogP contribution is -2.21. The highest BCUT2D eigenvalue weighted by atomic mass is 16.6. The van der Waals surface area contributed by atoms with Gasteiger partial charge >= 0.3 is 0 Å². The zero-order valence-corrected chi connectivity index (χ0v) is 19.8. The van der Waals surface area contributed by atoms with Crippen LogP contribution in [0.4, 0.5) is 11.4 Å². The minimum absolute atomic E-state index is 0.0592. The molecule has 172 valence electrons. The zero-order chi connectivity index (χ0) is 24.7. The number of nitrogens with one attached hydrogen (secondary N) is 1. The minimum atomic E-state index is -0.436. The van der Waals surface area contributed by atoms with Gasteiger partial charge in [0.2, 0.25) is 0 Å². The predicted octanol–water partition coefficient (Wildman–Crippen LogP) is 7.17. The van der Waals surface area contributed by atoms with Gasteiger partial charge in [-0.1, -0.05) is 42.2 Å². The summed E-state index contributed by atoms with van der Waals surface area (Å²) in [5.41, 5.74) is 10.5. The van der Waals surface area contributed by atoms with E-state index in [4.69, 9.17) is 0 Å². The smallest absolute Gasteiger partial charge is 0.270 e. The van der Waals surface area contributed by atoms with Crippen LogP contribution in [-0.4, -0.2) is 9.91 Å². The van der Waals surface area contributed by atoms with Crippen molar-refractivity contribution in [2.45, 2.75) is 27.2 Å². The Balaban J connectivity index is 1.64. The van der Waals surface area contributed by atoms with Crippen LogP contribution in [0.25, 0.3) is 27.6 Å². The van der Waals surface area contributed by atoms with Crippen LogP contribution in [0.5, 0.6) is 0 Å². The zero-order valence-electron chi connectivity index (χ0n) is 19.8. The molecule has 0 amide bonds. The third kappa shape index (κ3) is 4.03. The van der Waals surface area contributed by atoms with Gasteiger partial charge in [-0.05, 0) is 61.9 Å². The highest BCUT2D eigenvalue weighted by Crippen LogP contribution is 2.42. The topological polar surface area (TPSA) is 91.8 Å². The second-order valence-corrected chi connectivity index (χ2v) is 9.53. The maximum Gasteiger partial charge on any atom is 0.270 e. The average molecular weight is 461 g/mol. The van der Waals surface area contributed by atoms with Gasteiger partial charge in [-0.3, -0.25) is 15.1 Å². The summed E-state index contributed by atoms with van der Waals surface area (Å²) in [6.07, 6.45) is 9.02. The molecule has 1 aliphatic heterocycles. The molecule has 1 aliphatic carbocycles. The number of rotatable bonds is 4. The molecular formula is C29H24N4O2. The Kier molecular flexibility index (Phi) is 5.36. The highest BCUT2D eigenvalue weighted by molar-refractivity contribution is 6.04. The van der Waals surface area contributed by atoms with Gasteiger partial charge in [-0.15, -0.1) is 0 Å². The first-order chi connectivity index (χ1) is 16.8. The van der Waals surface area contributed by atoms with Crippen LogP contribution >= 0.6 is 0 Å². The number of nitro groups is 1. The summed E-state index contributed by atoms with van der Waals surface area (Å²) in [6.45, 7) is 5.92. The van der Waals surface area contributed by atoms with Crippen LogP contribution in [0.2, 0.25) is 0 Å². The number of nitriles is 1. The van der Waals surface area contributed by atoms with Crippen LogP contribution in [0, 0.1) is 32.8 Å². The molecule has 0 fully saturated rings. The van der Waals surface area contributed by atoms with Crippen molar-refractivity contribution >= 4 is 27.9 Å². The van der Waals surface area contributed by atoms with Gasteiger partial charge < -0.3 is 5.32 Å². The number of aromatic nitrogens is 1. The van der Waals surface area contributed by atoms with Gasteiger partial charge in [0.15, 0.2) is 0 Å². The number of hydrogen-bond acceptors (Lipinski definition) is 5. The molecule has 1 aromatic heterocycles. The van der Waals surface area contributed by atoms with Gasteiger partial charge in [-0.25, -0.2) is 0 Å². The van der Waals surface area contributed by atoms with Crippen molar-refractivity contribution in [3.05, 3.63) is 99.6 Å². The molecule has 2 aromatic carbocycles. The van der Waals surface area contributed by atoms with E-state index in [1.807, 2.05) is 51.2 Å². The lowest BCUT2D eigenvalue weighted by Gasteiger charge is -2.28. The van der Waals surface area contributed by atoms with Crippen LogP contribution in [0.15, 0.2) is 83.9 Å². The van der Waals surface area contributed by atoms with Crippen molar-refractivity contribution in [1.82, 2.24) is 4.98 Å². The molecule has 1 N–H and O–H groups in total. The van der Waals surface area contributed by atoms with E-state index in [0.717, 1.165) is 56.5 Å². The molecule has 1 unspecified atom stereocenters. The lowest BCUT2D eigenvalue weighted by molar-refractivity contribution is -0.384. The Morgan fingerprint density at radius 1 is 1.23 bits per heavy atom. The summed E-state index contributed by atoms with van der Waals surface area (Å²) in [5, 5.41) is 25.2. The Labute approximate surface area is 203 Å². The molecule has 0 radical (unpaired) electrons.